The van der Waals surface area contributed by atoms with Crippen molar-refractivity contribution in [3.63, 3.8) is 0 Å². The standard InChI is InChI=1S/C19H16ClN3O4/c1-12(24)21-9-13-2-4-14(5-3-13)19(26)27-11-16-8-18(25)23-10-15(20)6-7-17(23)22-16/h2-8,10H,9,11H2,1H3,(H,21,24). The molecule has 0 atom stereocenters. The highest BCUT2D eigenvalue weighted by molar-refractivity contribution is 6.30. The van der Waals surface area contributed by atoms with Gasteiger partial charge in [0.15, 0.2) is 0 Å². The molecule has 0 spiro atoms. The van der Waals surface area contributed by atoms with Crippen LogP contribution in [0.1, 0.15) is 28.5 Å². The van der Waals surface area contributed by atoms with Gasteiger partial charge in [-0.05, 0) is 29.8 Å². The summed E-state index contributed by atoms with van der Waals surface area (Å²) in [5, 5.41) is 3.10. The van der Waals surface area contributed by atoms with Crippen molar-refractivity contribution in [1.82, 2.24) is 14.7 Å². The average Bonchev–Trinajstić information content (AvgIpc) is 2.65. The maximum atomic E-state index is 12.2. The van der Waals surface area contributed by atoms with Gasteiger partial charge in [-0.3, -0.25) is 14.0 Å². The van der Waals surface area contributed by atoms with Gasteiger partial charge in [0.25, 0.3) is 5.56 Å². The molecule has 0 saturated heterocycles. The summed E-state index contributed by atoms with van der Waals surface area (Å²) in [5.74, 6) is -0.654. The van der Waals surface area contributed by atoms with E-state index in [2.05, 4.69) is 10.3 Å². The van der Waals surface area contributed by atoms with Gasteiger partial charge in [0.05, 0.1) is 16.3 Å². The molecular weight excluding hydrogens is 370 g/mol. The van der Waals surface area contributed by atoms with E-state index < -0.39 is 5.97 Å². The minimum atomic E-state index is -0.529. The minimum Gasteiger partial charge on any atom is -0.456 e. The van der Waals surface area contributed by atoms with Crippen molar-refractivity contribution in [2.24, 2.45) is 0 Å². The lowest BCUT2D eigenvalue weighted by Gasteiger charge is -2.07. The number of rotatable bonds is 5. The fraction of sp³-hybridized carbons (Fsp3) is 0.158. The zero-order chi connectivity index (χ0) is 19.4. The van der Waals surface area contributed by atoms with Gasteiger partial charge in [0.2, 0.25) is 5.91 Å². The number of carbonyl (C=O) groups is 2. The Morgan fingerprint density at radius 2 is 1.93 bits per heavy atom. The van der Waals surface area contributed by atoms with E-state index in [0.717, 1.165) is 5.56 Å². The lowest BCUT2D eigenvalue weighted by atomic mass is 10.1. The van der Waals surface area contributed by atoms with Crippen LogP contribution >= 0.6 is 11.6 Å². The summed E-state index contributed by atoms with van der Waals surface area (Å²) in [7, 11) is 0. The quantitative estimate of drug-likeness (QED) is 0.681. The van der Waals surface area contributed by atoms with E-state index in [4.69, 9.17) is 16.3 Å². The Balaban J connectivity index is 1.67. The second-order valence-electron chi connectivity index (χ2n) is 5.84. The van der Waals surface area contributed by atoms with Gasteiger partial charge in [0, 0.05) is 25.7 Å². The molecule has 7 nitrogen and oxygen atoms in total. The summed E-state index contributed by atoms with van der Waals surface area (Å²) in [4.78, 5) is 39.5. The fourth-order valence-electron chi connectivity index (χ4n) is 2.41. The molecule has 0 aliphatic carbocycles. The zero-order valence-electron chi connectivity index (χ0n) is 14.4. The molecule has 27 heavy (non-hydrogen) atoms. The molecule has 0 saturated carbocycles. The number of pyridine rings is 1. The number of nitrogens with zero attached hydrogens (tertiary/aromatic N) is 2. The van der Waals surface area contributed by atoms with E-state index in [-0.39, 0.29) is 18.1 Å². The molecule has 1 amide bonds. The van der Waals surface area contributed by atoms with Crippen molar-refractivity contribution in [3.8, 4) is 0 Å². The third-order valence-corrected chi connectivity index (χ3v) is 3.98. The molecule has 8 heteroatoms. The van der Waals surface area contributed by atoms with Gasteiger partial charge in [-0.1, -0.05) is 23.7 Å². The Kier molecular flexibility index (Phi) is 5.52. The van der Waals surface area contributed by atoms with E-state index in [0.29, 0.717) is 28.5 Å². The average molecular weight is 386 g/mol. The molecule has 1 N–H and O–H groups in total. The van der Waals surface area contributed by atoms with Gasteiger partial charge in [-0.2, -0.15) is 0 Å². The Morgan fingerprint density at radius 1 is 1.19 bits per heavy atom. The van der Waals surface area contributed by atoms with Crippen LogP contribution in [0.5, 0.6) is 0 Å². The van der Waals surface area contributed by atoms with Crippen LogP contribution in [0.2, 0.25) is 5.02 Å². The normalized spacial score (nSPS) is 10.6. The number of halogens is 1. The van der Waals surface area contributed by atoms with E-state index in [1.165, 1.54) is 23.6 Å². The Bertz CT molecular complexity index is 1060. The number of ether oxygens (including phenoxy) is 1. The monoisotopic (exact) mass is 385 g/mol. The van der Waals surface area contributed by atoms with Crippen LogP contribution in [0.3, 0.4) is 0 Å². The van der Waals surface area contributed by atoms with Crippen molar-refractivity contribution in [2.45, 2.75) is 20.1 Å². The first-order valence-corrected chi connectivity index (χ1v) is 8.48. The lowest BCUT2D eigenvalue weighted by molar-refractivity contribution is -0.119. The number of aromatic nitrogens is 2. The smallest absolute Gasteiger partial charge is 0.338 e. The minimum absolute atomic E-state index is 0.124. The number of hydrogen-bond acceptors (Lipinski definition) is 5. The number of carbonyl (C=O) groups excluding carboxylic acids is 2. The third-order valence-electron chi connectivity index (χ3n) is 3.76. The van der Waals surface area contributed by atoms with Gasteiger partial charge in [-0.15, -0.1) is 0 Å². The Labute approximate surface area is 159 Å². The summed E-state index contributed by atoms with van der Waals surface area (Å²) in [5.41, 5.74) is 1.68. The molecule has 0 radical (unpaired) electrons. The second-order valence-corrected chi connectivity index (χ2v) is 6.28. The predicted molar refractivity (Wildman–Crippen MR) is 99.6 cm³/mol. The Morgan fingerprint density at radius 3 is 2.63 bits per heavy atom. The second kappa shape index (κ2) is 8.01. The van der Waals surface area contributed by atoms with Crippen LogP contribution in [0.4, 0.5) is 0 Å². The first kappa shape index (κ1) is 18.6. The third kappa shape index (κ3) is 4.71. The van der Waals surface area contributed by atoms with E-state index in [1.807, 2.05) is 0 Å². The first-order valence-electron chi connectivity index (χ1n) is 8.11. The number of fused-ring (bicyclic) bond motifs is 1. The van der Waals surface area contributed by atoms with E-state index >= 15 is 0 Å². The molecule has 0 aliphatic rings. The Hall–Kier alpha value is -3.19. The number of nitrogens with one attached hydrogen (secondary N) is 1. The highest BCUT2D eigenvalue weighted by atomic mass is 35.5. The van der Waals surface area contributed by atoms with Crippen molar-refractivity contribution >= 4 is 29.1 Å². The molecular formula is C19H16ClN3O4. The number of amides is 1. The van der Waals surface area contributed by atoms with Crippen molar-refractivity contribution in [2.75, 3.05) is 0 Å². The first-order chi connectivity index (χ1) is 12.9. The van der Waals surface area contributed by atoms with Crippen molar-refractivity contribution in [1.29, 1.82) is 0 Å². The number of benzene rings is 1. The molecule has 2 heterocycles. The van der Waals surface area contributed by atoms with E-state index in [9.17, 15) is 14.4 Å². The molecule has 3 aromatic rings. The maximum absolute atomic E-state index is 12.2. The van der Waals surface area contributed by atoms with Crippen LogP contribution in [-0.4, -0.2) is 21.3 Å². The maximum Gasteiger partial charge on any atom is 0.338 e. The number of hydrogen-bond donors (Lipinski definition) is 1. The summed E-state index contributed by atoms with van der Waals surface area (Å²) in [6, 6.07) is 11.2. The predicted octanol–water partition coefficient (Wildman–Crippen LogP) is 2.34. The molecule has 2 aromatic heterocycles. The van der Waals surface area contributed by atoms with Crippen LogP contribution in [0.25, 0.3) is 5.65 Å². The van der Waals surface area contributed by atoms with Crippen LogP contribution in [0.15, 0.2) is 53.5 Å². The van der Waals surface area contributed by atoms with Gasteiger partial charge in [0.1, 0.15) is 12.3 Å². The molecule has 0 fully saturated rings. The summed E-state index contributed by atoms with van der Waals surface area (Å²) in [6.07, 6.45) is 1.48. The van der Waals surface area contributed by atoms with E-state index in [1.54, 1.807) is 36.4 Å². The van der Waals surface area contributed by atoms with Crippen LogP contribution in [-0.2, 0) is 22.7 Å². The molecule has 0 bridgehead atoms. The summed E-state index contributed by atoms with van der Waals surface area (Å²) < 4.78 is 6.56. The zero-order valence-corrected chi connectivity index (χ0v) is 15.2. The van der Waals surface area contributed by atoms with Gasteiger partial charge < -0.3 is 10.1 Å². The van der Waals surface area contributed by atoms with Crippen molar-refractivity contribution in [3.05, 3.63) is 80.9 Å². The number of esters is 1. The van der Waals surface area contributed by atoms with Crippen LogP contribution in [0, 0.1) is 0 Å². The molecule has 1 aromatic carbocycles. The summed E-state index contributed by atoms with van der Waals surface area (Å²) >= 11 is 5.87. The topological polar surface area (TPSA) is 89.8 Å². The molecule has 0 unspecified atom stereocenters. The van der Waals surface area contributed by atoms with Gasteiger partial charge in [-0.25, -0.2) is 9.78 Å². The molecule has 3 rings (SSSR count). The lowest BCUT2D eigenvalue weighted by Crippen LogP contribution is -2.19. The highest BCUT2D eigenvalue weighted by Gasteiger charge is 2.10. The summed E-state index contributed by atoms with van der Waals surface area (Å²) in [6.45, 7) is 1.70. The SMILES string of the molecule is CC(=O)NCc1ccc(C(=O)OCc2cc(=O)n3cc(Cl)ccc3n2)cc1. The van der Waals surface area contributed by atoms with Crippen molar-refractivity contribution < 1.29 is 14.3 Å². The molecule has 0 aliphatic heterocycles. The highest BCUT2D eigenvalue weighted by Crippen LogP contribution is 2.10. The van der Waals surface area contributed by atoms with Gasteiger partial charge >= 0.3 is 5.97 Å². The fourth-order valence-corrected chi connectivity index (χ4v) is 2.57. The van der Waals surface area contributed by atoms with Crippen LogP contribution < -0.4 is 10.9 Å². The molecule has 138 valence electrons. The largest absolute Gasteiger partial charge is 0.456 e.